The highest BCUT2D eigenvalue weighted by Crippen LogP contribution is 2.45. The maximum absolute atomic E-state index is 13.1. The summed E-state index contributed by atoms with van der Waals surface area (Å²) in [6.45, 7) is 2.53. The van der Waals surface area contributed by atoms with E-state index in [9.17, 15) is 43.2 Å². The summed E-state index contributed by atoms with van der Waals surface area (Å²) in [5.74, 6) is -0.918. The minimum Gasteiger partial charge on any atom is -0.457 e. The van der Waals surface area contributed by atoms with Crippen molar-refractivity contribution >= 4 is 40.2 Å². The third kappa shape index (κ3) is 71.2. The monoisotopic (exact) mass is 1380 g/mol. The van der Waals surface area contributed by atoms with Gasteiger partial charge < -0.3 is 43.4 Å². The Morgan fingerprint density at radius 1 is 0.319 bits per heavy atom. The van der Waals surface area contributed by atoms with Gasteiger partial charge in [-0.1, -0.05) is 269 Å². The topological polar surface area (TPSA) is 237 Å². The minimum atomic E-state index is -4.85. The van der Waals surface area contributed by atoms with E-state index in [0.717, 1.165) is 173 Å². The summed E-state index contributed by atoms with van der Waals surface area (Å²) in [6.07, 6.45) is 65.5. The fourth-order valence-electron chi connectivity index (χ4n) is 11.1. The van der Waals surface area contributed by atoms with Crippen LogP contribution in [0.25, 0.3) is 0 Å². The number of carbonyl (C=O) groups is 4. The van der Waals surface area contributed by atoms with E-state index < -0.39 is 72.3 Å². The highest BCUT2D eigenvalue weighted by atomic mass is 31.2. The van der Waals surface area contributed by atoms with Crippen molar-refractivity contribution in [3.05, 3.63) is 24.3 Å². The quantitative estimate of drug-likeness (QED) is 0.0169. The number of rotatable bonds is 78. The van der Waals surface area contributed by atoms with Crippen molar-refractivity contribution in [1.29, 1.82) is 0 Å². The van der Waals surface area contributed by atoms with Crippen molar-refractivity contribution < 1.29 is 80.2 Å². The van der Waals surface area contributed by atoms with E-state index in [4.69, 9.17) is 37.0 Å². The van der Waals surface area contributed by atoms with Crippen molar-refractivity contribution in [3.63, 3.8) is 0 Å². The fraction of sp³-hybridized carbons (Fsp3) is 0.893. The van der Waals surface area contributed by atoms with Crippen LogP contribution in [0.2, 0.25) is 0 Å². The number of esters is 2. The Balaban J connectivity index is 5.14. The zero-order valence-electron chi connectivity index (χ0n) is 60.0. The summed E-state index contributed by atoms with van der Waals surface area (Å²) < 4.78 is 69.8. The van der Waals surface area contributed by atoms with Crippen LogP contribution in [0.1, 0.15) is 361 Å². The van der Waals surface area contributed by atoms with Crippen LogP contribution in [0.5, 0.6) is 0 Å². The SMILES string of the molecule is CCCCCCCCCCCCCCCC(=O)O[C@H](COCCCCCCC/C=C\CCCCCCC=O)COP(=O)(O)OC[C@H](O)COP(=O)(O)OC[C@@H](COCCCCCCCCC/C=C\CCCCCCC=O)OC(=O)CCCCCCCCCCCCCCC. The van der Waals surface area contributed by atoms with Crippen LogP contribution in [0.4, 0.5) is 0 Å². The molecule has 0 aromatic heterocycles. The lowest BCUT2D eigenvalue weighted by Gasteiger charge is -2.21. The number of hydrogen-bond donors (Lipinski definition) is 3. The number of hydrogen-bond acceptors (Lipinski definition) is 15. The molecule has 0 heterocycles. The van der Waals surface area contributed by atoms with E-state index in [0.29, 0.717) is 38.9 Å². The molecule has 0 aliphatic rings. The maximum atomic E-state index is 13.1. The molecule has 0 fully saturated rings. The summed E-state index contributed by atoms with van der Waals surface area (Å²) in [6, 6.07) is 0. The molecule has 0 radical (unpaired) electrons. The fourth-order valence-corrected chi connectivity index (χ4v) is 12.6. The van der Waals surface area contributed by atoms with Gasteiger partial charge in [0.15, 0.2) is 0 Å². The zero-order valence-corrected chi connectivity index (χ0v) is 61.8. The molecule has 0 aliphatic carbocycles. The second-order valence-corrected chi connectivity index (χ2v) is 29.1. The first-order chi connectivity index (χ1) is 45.9. The molecule has 94 heavy (non-hydrogen) atoms. The summed E-state index contributed by atoms with van der Waals surface area (Å²) in [5, 5.41) is 10.6. The van der Waals surface area contributed by atoms with Crippen LogP contribution in [-0.2, 0) is 65.4 Å². The average molecular weight is 1380 g/mol. The number of phosphoric ester groups is 2. The Bertz CT molecular complexity index is 1820. The Morgan fingerprint density at radius 3 is 0.830 bits per heavy atom. The molecule has 0 saturated carbocycles. The van der Waals surface area contributed by atoms with Gasteiger partial charge in [0.25, 0.3) is 0 Å². The van der Waals surface area contributed by atoms with Gasteiger partial charge in [-0.2, -0.15) is 0 Å². The number of ether oxygens (including phenoxy) is 4. The van der Waals surface area contributed by atoms with E-state index in [1.807, 2.05) is 0 Å². The first kappa shape index (κ1) is 91.9. The number of carbonyl (C=O) groups excluding carboxylic acids is 4. The van der Waals surface area contributed by atoms with E-state index in [1.54, 1.807) is 0 Å². The van der Waals surface area contributed by atoms with E-state index in [1.165, 1.54) is 148 Å². The Labute approximate surface area is 573 Å². The molecule has 0 amide bonds. The summed E-state index contributed by atoms with van der Waals surface area (Å²) in [5.41, 5.74) is 0. The van der Waals surface area contributed by atoms with E-state index in [2.05, 4.69) is 38.2 Å². The minimum absolute atomic E-state index is 0.0569. The molecule has 0 aromatic rings. The Hall–Kier alpha value is -2.14. The predicted octanol–water partition coefficient (Wildman–Crippen LogP) is 21.1. The normalized spacial score (nSPS) is 14.1. The second kappa shape index (κ2) is 72.1. The number of unbranched alkanes of at least 4 members (excludes halogenated alkanes) is 46. The first-order valence-electron chi connectivity index (χ1n) is 38.5. The molecule has 0 spiro atoms. The molecule has 0 rings (SSSR count). The smallest absolute Gasteiger partial charge is 0.457 e. The largest absolute Gasteiger partial charge is 0.472 e. The van der Waals surface area contributed by atoms with Crippen LogP contribution >= 0.6 is 15.6 Å². The zero-order chi connectivity index (χ0) is 68.6. The van der Waals surface area contributed by atoms with Gasteiger partial charge in [0, 0.05) is 38.9 Å². The second-order valence-electron chi connectivity index (χ2n) is 26.2. The van der Waals surface area contributed by atoms with Gasteiger partial charge in [0.1, 0.15) is 30.9 Å². The summed E-state index contributed by atoms with van der Waals surface area (Å²) >= 11 is 0. The van der Waals surface area contributed by atoms with Gasteiger partial charge in [-0.15, -0.1) is 0 Å². The lowest BCUT2D eigenvalue weighted by Crippen LogP contribution is -2.29. The third-order valence-electron chi connectivity index (χ3n) is 16.9. The molecule has 5 atom stereocenters. The molecule has 2 unspecified atom stereocenters. The molecular formula is C75H142O17P2. The molecule has 554 valence electrons. The predicted molar refractivity (Wildman–Crippen MR) is 382 cm³/mol. The highest BCUT2D eigenvalue weighted by molar-refractivity contribution is 7.47. The van der Waals surface area contributed by atoms with Crippen LogP contribution < -0.4 is 0 Å². The number of allylic oxidation sites excluding steroid dienone is 4. The lowest BCUT2D eigenvalue weighted by molar-refractivity contribution is -0.155. The Kier molecular flexibility index (Phi) is 70.5. The van der Waals surface area contributed by atoms with Gasteiger partial charge >= 0.3 is 27.6 Å². The number of aldehydes is 2. The molecule has 0 saturated heterocycles. The first-order valence-corrected chi connectivity index (χ1v) is 41.5. The molecule has 0 aliphatic heterocycles. The molecule has 19 heteroatoms. The highest BCUT2D eigenvalue weighted by Gasteiger charge is 2.30. The summed E-state index contributed by atoms with van der Waals surface area (Å²) in [4.78, 5) is 68.1. The van der Waals surface area contributed by atoms with Crippen molar-refractivity contribution in [1.82, 2.24) is 0 Å². The van der Waals surface area contributed by atoms with Gasteiger partial charge in [0.2, 0.25) is 0 Å². The van der Waals surface area contributed by atoms with Gasteiger partial charge in [-0.3, -0.25) is 27.7 Å². The standard InChI is InChI=1S/C75H142O17P2/c1-3-5-7-9-11-13-15-23-29-35-41-47-53-59-74(79)91-72(67-85-63-57-51-45-39-33-27-21-18-17-19-25-31-37-43-49-55-61-76)69-89-93(81,82)87-65-71(78)66-88-94(83,84)90-70-73(92-75(80)60-54-48-42-36-30-24-16-14-12-10-8-6-4-2)68-86-64-58-52-46-40-34-28-22-20-26-32-38-44-50-56-62-77/h17,19-20,22,61-62,71-73,78H,3-16,18,21,23-60,63-70H2,1-2H3,(H,81,82)(H,83,84)/b19-17-,22-20-/t71-,72-,73-/m1/s1. The molecule has 0 bridgehead atoms. The Morgan fingerprint density at radius 2 is 0.553 bits per heavy atom. The number of aliphatic hydroxyl groups excluding tert-OH is 1. The van der Waals surface area contributed by atoms with Crippen LogP contribution in [-0.4, -0.2) is 111 Å². The summed E-state index contributed by atoms with van der Waals surface area (Å²) in [7, 11) is -9.69. The number of phosphoric acid groups is 2. The third-order valence-corrected chi connectivity index (χ3v) is 18.8. The van der Waals surface area contributed by atoms with Crippen molar-refractivity contribution in [2.45, 2.75) is 379 Å². The molecular weight excluding hydrogens is 1230 g/mol. The lowest BCUT2D eigenvalue weighted by atomic mass is 10.0. The average Bonchev–Trinajstić information content (AvgIpc) is 1.68. The van der Waals surface area contributed by atoms with Gasteiger partial charge in [-0.25, -0.2) is 9.13 Å². The molecule has 0 aromatic carbocycles. The van der Waals surface area contributed by atoms with E-state index in [-0.39, 0.29) is 26.1 Å². The molecule has 17 nitrogen and oxygen atoms in total. The number of aliphatic hydroxyl groups is 1. The molecule has 3 N–H and O–H groups in total. The van der Waals surface area contributed by atoms with Crippen molar-refractivity contribution in [3.8, 4) is 0 Å². The van der Waals surface area contributed by atoms with Crippen molar-refractivity contribution in [2.75, 3.05) is 52.9 Å². The van der Waals surface area contributed by atoms with Gasteiger partial charge in [-0.05, 0) is 89.9 Å². The van der Waals surface area contributed by atoms with Crippen LogP contribution in [0.15, 0.2) is 24.3 Å². The van der Waals surface area contributed by atoms with Crippen LogP contribution in [0, 0.1) is 0 Å². The van der Waals surface area contributed by atoms with E-state index >= 15 is 0 Å². The maximum Gasteiger partial charge on any atom is 0.472 e. The van der Waals surface area contributed by atoms with Crippen molar-refractivity contribution in [2.24, 2.45) is 0 Å². The van der Waals surface area contributed by atoms with Crippen LogP contribution in [0.3, 0.4) is 0 Å². The van der Waals surface area contributed by atoms with Gasteiger partial charge in [0.05, 0.1) is 39.6 Å².